The first-order chi connectivity index (χ1) is 10.2. The van der Waals surface area contributed by atoms with Gasteiger partial charge in [0.05, 0.1) is 0 Å². The molecule has 1 saturated heterocycles. The highest BCUT2D eigenvalue weighted by atomic mass is 16.3. The van der Waals surface area contributed by atoms with Crippen molar-refractivity contribution in [1.29, 1.82) is 0 Å². The quantitative estimate of drug-likeness (QED) is 0.886. The van der Waals surface area contributed by atoms with Gasteiger partial charge in [-0.15, -0.1) is 10.2 Å². The number of aromatic hydroxyl groups is 1. The molecule has 3 heterocycles. The summed E-state index contributed by atoms with van der Waals surface area (Å²) in [7, 11) is 0. The molecule has 1 amide bonds. The van der Waals surface area contributed by atoms with Crippen LogP contribution in [0.4, 0.5) is 11.6 Å². The Morgan fingerprint density at radius 2 is 2.00 bits per heavy atom. The fraction of sp³-hybridized carbons (Fsp3) is 0.286. The highest BCUT2D eigenvalue weighted by Crippen LogP contribution is 2.19. The number of anilines is 2. The summed E-state index contributed by atoms with van der Waals surface area (Å²) in [6.07, 6.45) is 3.79. The summed E-state index contributed by atoms with van der Waals surface area (Å²) in [5.74, 6) is 0.342. The molecule has 2 aromatic rings. The van der Waals surface area contributed by atoms with Gasteiger partial charge in [-0.3, -0.25) is 4.79 Å². The molecule has 7 nitrogen and oxygen atoms in total. The summed E-state index contributed by atoms with van der Waals surface area (Å²) in [5.41, 5.74) is 0.183. The van der Waals surface area contributed by atoms with E-state index < -0.39 is 5.91 Å². The molecule has 1 fully saturated rings. The maximum atomic E-state index is 12.0. The zero-order valence-corrected chi connectivity index (χ0v) is 11.4. The van der Waals surface area contributed by atoms with Gasteiger partial charge in [-0.2, -0.15) is 0 Å². The van der Waals surface area contributed by atoms with Crippen molar-refractivity contribution >= 4 is 17.5 Å². The standard InChI is InChI=1S/C14H15N5O2/c20-11-4-3-7-15-13(11)16-14(21)10-5-6-12(18-17-10)19-8-1-2-9-19/h3-7,20H,1-2,8-9H2,(H,15,16,21). The van der Waals surface area contributed by atoms with E-state index in [-0.39, 0.29) is 17.3 Å². The predicted molar refractivity (Wildman–Crippen MR) is 77.3 cm³/mol. The van der Waals surface area contributed by atoms with Crippen molar-refractivity contribution in [3.05, 3.63) is 36.2 Å². The Hall–Kier alpha value is -2.70. The van der Waals surface area contributed by atoms with Crippen molar-refractivity contribution in [1.82, 2.24) is 15.2 Å². The van der Waals surface area contributed by atoms with Crippen LogP contribution in [0.15, 0.2) is 30.5 Å². The molecule has 1 aliphatic rings. The molecule has 7 heteroatoms. The van der Waals surface area contributed by atoms with Crippen LogP contribution in [-0.4, -0.2) is 39.3 Å². The molecule has 0 unspecified atom stereocenters. The SMILES string of the molecule is O=C(Nc1ncccc1O)c1ccc(N2CCCC2)nn1. The summed E-state index contributed by atoms with van der Waals surface area (Å²) in [6.45, 7) is 1.95. The summed E-state index contributed by atoms with van der Waals surface area (Å²) >= 11 is 0. The molecule has 0 aromatic carbocycles. The third kappa shape index (κ3) is 2.91. The van der Waals surface area contributed by atoms with Crippen molar-refractivity contribution < 1.29 is 9.90 Å². The lowest BCUT2D eigenvalue weighted by molar-refractivity contribution is 0.102. The van der Waals surface area contributed by atoms with Gasteiger partial charge < -0.3 is 15.3 Å². The maximum absolute atomic E-state index is 12.0. The number of carbonyl (C=O) groups is 1. The van der Waals surface area contributed by atoms with Crippen LogP contribution in [0.5, 0.6) is 5.75 Å². The van der Waals surface area contributed by atoms with Crippen LogP contribution in [0.25, 0.3) is 0 Å². The van der Waals surface area contributed by atoms with Crippen molar-refractivity contribution in [3.8, 4) is 5.75 Å². The number of nitrogens with one attached hydrogen (secondary N) is 1. The van der Waals surface area contributed by atoms with E-state index in [0.717, 1.165) is 31.7 Å². The average molecular weight is 285 g/mol. The minimum atomic E-state index is -0.454. The van der Waals surface area contributed by atoms with E-state index in [1.54, 1.807) is 18.2 Å². The van der Waals surface area contributed by atoms with Crippen LogP contribution < -0.4 is 10.2 Å². The van der Waals surface area contributed by atoms with E-state index >= 15 is 0 Å². The number of nitrogens with zero attached hydrogens (tertiary/aromatic N) is 4. The first-order valence-corrected chi connectivity index (χ1v) is 6.78. The lowest BCUT2D eigenvalue weighted by atomic mass is 10.3. The summed E-state index contributed by atoms with van der Waals surface area (Å²) < 4.78 is 0. The van der Waals surface area contributed by atoms with Gasteiger partial charge in [0.15, 0.2) is 23.1 Å². The van der Waals surface area contributed by atoms with Crippen LogP contribution in [0, 0.1) is 0 Å². The molecular formula is C14H15N5O2. The Morgan fingerprint density at radius 3 is 2.67 bits per heavy atom. The number of aromatic nitrogens is 3. The first kappa shape index (κ1) is 13.3. The van der Waals surface area contributed by atoms with Gasteiger partial charge in [0.25, 0.3) is 5.91 Å². The van der Waals surface area contributed by atoms with Gasteiger partial charge in [-0.05, 0) is 37.1 Å². The van der Waals surface area contributed by atoms with Gasteiger partial charge in [0, 0.05) is 19.3 Å². The van der Waals surface area contributed by atoms with Gasteiger partial charge >= 0.3 is 0 Å². The minimum absolute atomic E-state index is 0.0903. The molecule has 108 valence electrons. The molecule has 2 aromatic heterocycles. The lowest BCUT2D eigenvalue weighted by Crippen LogP contribution is -2.21. The van der Waals surface area contributed by atoms with Crippen molar-refractivity contribution in [2.45, 2.75) is 12.8 Å². The third-order valence-corrected chi connectivity index (χ3v) is 3.33. The second-order valence-electron chi connectivity index (χ2n) is 4.80. The zero-order chi connectivity index (χ0) is 14.7. The smallest absolute Gasteiger partial charge is 0.277 e. The Kier molecular flexibility index (Phi) is 3.63. The molecule has 0 spiro atoms. The van der Waals surface area contributed by atoms with E-state index in [9.17, 15) is 9.90 Å². The van der Waals surface area contributed by atoms with Crippen molar-refractivity contribution in [2.75, 3.05) is 23.3 Å². The van der Waals surface area contributed by atoms with Crippen LogP contribution in [0.1, 0.15) is 23.3 Å². The van der Waals surface area contributed by atoms with Crippen LogP contribution in [0.2, 0.25) is 0 Å². The van der Waals surface area contributed by atoms with E-state index in [2.05, 4.69) is 25.4 Å². The molecule has 21 heavy (non-hydrogen) atoms. The van der Waals surface area contributed by atoms with E-state index in [1.165, 1.54) is 12.3 Å². The normalized spacial score (nSPS) is 14.2. The molecule has 0 saturated carbocycles. The minimum Gasteiger partial charge on any atom is -0.504 e. The Bertz CT molecular complexity index is 638. The van der Waals surface area contributed by atoms with Crippen LogP contribution >= 0.6 is 0 Å². The molecule has 0 bridgehead atoms. The number of carbonyl (C=O) groups excluding carboxylic acids is 1. The van der Waals surface area contributed by atoms with E-state index in [4.69, 9.17) is 0 Å². The Morgan fingerprint density at radius 1 is 1.19 bits per heavy atom. The fourth-order valence-electron chi connectivity index (χ4n) is 2.23. The third-order valence-electron chi connectivity index (χ3n) is 3.33. The monoisotopic (exact) mass is 285 g/mol. The molecule has 0 atom stereocenters. The highest BCUT2D eigenvalue weighted by Gasteiger charge is 2.16. The molecule has 1 aliphatic heterocycles. The first-order valence-electron chi connectivity index (χ1n) is 6.78. The topological polar surface area (TPSA) is 91.2 Å². The van der Waals surface area contributed by atoms with Gasteiger partial charge in [0.2, 0.25) is 0 Å². The average Bonchev–Trinajstić information content (AvgIpc) is 3.04. The molecule has 2 N–H and O–H groups in total. The van der Waals surface area contributed by atoms with Gasteiger partial charge in [-0.25, -0.2) is 4.98 Å². The predicted octanol–water partition coefficient (Wildman–Crippen LogP) is 1.43. The number of rotatable bonds is 3. The number of hydrogen-bond acceptors (Lipinski definition) is 6. The number of hydrogen-bond donors (Lipinski definition) is 2. The number of pyridine rings is 1. The summed E-state index contributed by atoms with van der Waals surface area (Å²) in [5, 5.41) is 20.1. The van der Waals surface area contributed by atoms with E-state index in [0.29, 0.717) is 0 Å². The number of amides is 1. The molecule has 0 radical (unpaired) electrons. The van der Waals surface area contributed by atoms with Gasteiger partial charge in [-0.1, -0.05) is 0 Å². The van der Waals surface area contributed by atoms with Crippen LogP contribution in [0.3, 0.4) is 0 Å². The zero-order valence-electron chi connectivity index (χ0n) is 11.4. The van der Waals surface area contributed by atoms with Gasteiger partial charge in [0.1, 0.15) is 0 Å². The second-order valence-corrected chi connectivity index (χ2v) is 4.80. The highest BCUT2D eigenvalue weighted by molar-refractivity contribution is 6.02. The molecule has 3 rings (SSSR count). The molecular weight excluding hydrogens is 270 g/mol. The largest absolute Gasteiger partial charge is 0.504 e. The fourth-order valence-corrected chi connectivity index (χ4v) is 2.23. The summed E-state index contributed by atoms with van der Waals surface area (Å²) in [4.78, 5) is 18.0. The Labute approximate surface area is 121 Å². The lowest BCUT2D eigenvalue weighted by Gasteiger charge is -2.15. The Balaban J connectivity index is 1.71. The maximum Gasteiger partial charge on any atom is 0.277 e. The van der Waals surface area contributed by atoms with E-state index in [1.807, 2.05) is 0 Å². The second kappa shape index (κ2) is 5.74. The summed E-state index contributed by atoms with van der Waals surface area (Å²) in [6, 6.07) is 6.43. The van der Waals surface area contributed by atoms with Crippen molar-refractivity contribution in [3.63, 3.8) is 0 Å². The van der Waals surface area contributed by atoms with Crippen LogP contribution in [-0.2, 0) is 0 Å². The molecule has 0 aliphatic carbocycles. The van der Waals surface area contributed by atoms with Crippen molar-refractivity contribution in [2.24, 2.45) is 0 Å².